The molecule has 0 aliphatic carbocycles. The zero-order valence-electron chi connectivity index (χ0n) is 11.7. The Hall–Kier alpha value is -1.05. The van der Waals surface area contributed by atoms with E-state index in [1.54, 1.807) is 24.3 Å². The third-order valence-corrected chi connectivity index (χ3v) is 10.2. The van der Waals surface area contributed by atoms with Crippen molar-refractivity contribution in [3.05, 3.63) is 60.2 Å². The first-order chi connectivity index (χ1) is 9.25. The van der Waals surface area contributed by atoms with Crippen LogP contribution in [0, 0.1) is 11.6 Å². The third-order valence-electron chi connectivity index (χ3n) is 3.33. The molecule has 2 rings (SSSR count). The fraction of sp³-hybridized carbons (Fsp3) is 0.250. The molecular formula is C16H17F2PS. The van der Waals surface area contributed by atoms with E-state index in [9.17, 15) is 8.78 Å². The summed E-state index contributed by atoms with van der Waals surface area (Å²) >= 11 is 6.02. The summed E-state index contributed by atoms with van der Waals surface area (Å²) in [5.74, 6) is -0.549. The molecule has 0 atom stereocenters. The summed E-state index contributed by atoms with van der Waals surface area (Å²) < 4.78 is 26.3. The SMILES string of the molecule is CC(C)(C)P(=S)(c1ccc(F)cc1)c1ccc(F)cc1. The first-order valence-corrected chi connectivity index (χ1v) is 9.18. The highest BCUT2D eigenvalue weighted by atomic mass is 32.4. The molecule has 0 saturated heterocycles. The molecule has 0 fully saturated rings. The molecule has 0 heterocycles. The Balaban J connectivity index is 2.66. The van der Waals surface area contributed by atoms with Crippen LogP contribution in [-0.2, 0) is 11.8 Å². The molecule has 0 nitrogen and oxygen atoms in total. The van der Waals surface area contributed by atoms with Crippen LogP contribution in [0.4, 0.5) is 8.78 Å². The van der Waals surface area contributed by atoms with Crippen molar-refractivity contribution >= 4 is 28.5 Å². The van der Waals surface area contributed by atoms with E-state index in [-0.39, 0.29) is 16.8 Å². The van der Waals surface area contributed by atoms with Crippen molar-refractivity contribution in [3.8, 4) is 0 Å². The van der Waals surface area contributed by atoms with Crippen LogP contribution in [0.25, 0.3) is 0 Å². The molecule has 0 saturated carbocycles. The molecule has 0 aliphatic heterocycles. The molecule has 4 heteroatoms. The monoisotopic (exact) mass is 310 g/mol. The molecular weight excluding hydrogens is 293 g/mol. The summed E-state index contributed by atoms with van der Waals surface area (Å²) in [7, 11) is 0. The van der Waals surface area contributed by atoms with Gasteiger partial charge in [-0.25, -0.2) is 8.78 Å². The van der Waals surface area contributed by atoms with Gasteiger partial charge in [-0.1, -0.05) is 56.8 Å². The average molecular weight is 310 g/mol. The highest BCUT2D eigenvalue weighted by molar-refractivity contribution is 8.22. The van der Waals surface area contributed by atoms with E-state index in [4.69, 9.17) is 11.8 Å². The van der Waals surface area contributed by atoms with Crippen LogP contribution in [-0.4, -0.2) is 5.16 Å². The molecule has 0 bridgehead atoms. The predicted molar refractivity (Wildman–Crippen MR) is 86.1 cm³/mol. The van der Waals surface area contributed by atoms with Crippen molar-refractivity contribution in [1.82, 2.24) is 0 Å². The van der Waals surface area contributed by atoms with Crippen LogP contribution in [0.5, 0.6) is 0 Å². The summed E-state index contributed by atoms with van der Waals surface area (Å²) in [4.78, 5) is 0. The first-order valence-electron chi connectivity index (χ1n) is 6.37. The molecule has 106 valence electrons. The van der Waals surface area contributed by atoms with Gasteiger partial charge in [-0.05, 0) is 40.0 Å². The van der Waals surface area contributed by atoms with Gasteiger partial charge in [0, 0.05) is 6.04 Å². The Kier molecular flexibility index (Phi) is 4.13. The predicted octanol–water partition coefficient (Wildman–Crippen LogP) is 4.19. The van der Waals surface area contributed by atoms with Crippen LogP contribution in [0.3, 0.4) is 0 Å². The number of benzene rings is 2. The standard InChI is InChI=1S/C16H17F2PS/c1-16(2,3)19(20,14-8-4-12(17)5-9-14)15-10-6-13(18)7-11-15/h4-11H,1-3H3. The Bertz CT molecular complexity index is 590. The number of hydrogen-bond acceptors (Lipinski definition) is 1. The van der Waals surface area contributed by atoms with Gasteiger partial charge >= 0.3 is 0 Å². The van der Waals surface area contributed by atoms with Crippen molar-refractivity contribution in [3.63, 3.8) is 0 Å². The van der Waals surface area contributed by atoms with E-state index in [0.717, 1.165) is 10.6 Å². The summed E-state index contributed by atoms with van der Waals surface area (Å²) in [6.07, 6.45) is 0. The molecule has 20 heavy (non-hydrogen) atoms. The summed E-state index contributed by atoms with van der Waals surface area (Å²) in [6, 6.07) is 10.6. The van der Waals surface area contributed by atoms with E-state index in [1.807, 2.05) is 0 Å². The van der Waals surface area contributed by atoms with Gasteiger partial charge in [-0.3, -0.25) is 0 Å². The van der Waals surface area contributed by atoms with Gasteiger partial charge in [-0.2, -0.15) is 0 Å². The normalized spacial score (nSPS) is 12.4. The maximum atomic E-state index is 13.2. The maximum absolute atomic E-state index is 13.2. The van der Waals surface area contributed by atoms with Gasteiger partial charge in [0.2, 0.25) is 0 Å². The lowest BCUT2D eigenvalue weighted by molar-refractivity contribution is 0.628. The van der Waals surface area contributed by atoms with Gasteiger partial charge in [0.25, 0.3) is 0 Å². The van der Waals surface area contributed by atoms with Crippen LogP contribution in [0.1, 0.15) is 20.8 Å². The first kappa shape index (κ1) is 15.3. The minimum Gasteiger partial charge on any atom is -0.207 e. The summed E-state index contributed by atoms with van der Waals surface area (Å²) in [5, 5.41) is 1.74. The molecule has 0 radical (unpaired) electrons. The molecule has 0 spiro atoms. The van der Waals surface area contributed by atoms with E-state index >= 15 is 0 Å². The Morgan fingerprint density at radius 3 is 1.30 bits per heavy atom. The van der Waals surface area contributed by atoms with Crippen molar-refractivity contribution in [2.24, 2.45) is 0 Å². The minimum absolute atomic E-state index is 0.169. The maximum Gasteiger partial charge on any atom is 0.123 e. The second-order valence-corrected chi connectivity index (χ2v) is 11.0. The number of hydrogen-bond donors (Lipinski definition) is 0. The topological polar surface area (TPSA) is 0 Å². The quantitative estimate of drug-likeness (QED) is 0.749. The average Bonchev–Trinajstić information content (AvgIpc) is 2.38. The van der Waals surface area contributed by atoms with Gasteiger partial charge in [-0.15, -0.1) is 0 Å². The summed E-state index contributed by atoms with van der Waals surface area (Å²) in [6.45, 7) is 6.25. The van der Waals surface area contributed by atoms with Gasteiger partial charge in [0.05, 0.1) is 0 Å². The number of halogens is 2. The third kappa shape index (κ3) is 2.70. The fourth-order valence-corrected chi connectivity index (χ4v) is 5.94. The molecule has 0 unspecified atom stereocenters. The van der Waals surface area contributed by atoms with Crippen molar-refractivity contribution in [2.45, 2.75) is 25.9 Å². The highest BCUT2D eigenvalue weighted by Crippen LogP contribution is 2.55. The van der Waals surface area contributed by atoms with Crippen molar-refractivity contribution in [1.29, 1.82) is 0 Å². The molecule has 2 aromatic rings. The molecule has 0 N–H and O–H groups in total. The Labute approximate surface area is 123 Å². The van der Waals surface area contributed by atoms with Crippen LogP contribution in [0.15, 0.2) is 48.5 Å². The zero-order valence-corrected chi connectivity index (χ0v) is 13.4. The van der Waals surface area contributed by atoms with Crippen molar-refractivity contribution < 1.29 is 8.78 Å². The summed E-state index contributed by atoms with van der Waals surface area (Å²) in [5.41, 5.74) is 0. The lowest BCUT2D eigenvalue weighted by Gasteiger charge is -2.36. The van der Waals surface area contributed by atoms with Crippen molar-refractivity contribution in [2.75, 3.05) is 0 Å². The number of rotatable bonds is 2. The second-order valence-electron chi connectivity index (χ2n) is 5.73. The van der Waals surface area contributed by atoms with E-state index in [0.29, 0.717) is 0 Å². The van der Waals surface area contributed by atoms with Crippen LogP contribution in [0.2, 0.25) is 0 Å². The second kappa shape index (κ2) is 5.38. The molecule has 0 amide bonds. The van der Waals surface area contributed by atoms with Crippen LogP contribution < -0.4 is 10.6 Å². The van der Waals surface area contributed by atoms with E-state index in [1.165, 1.54) is 24.3 Å². The van der Waals surface area contributed by atoms with E-state index < -0.39 is 6.04 Å². The fourth-order valence-electron chi connectivity index (χ4n) is 2.23. The smallest absolute Gasteiger partial charge is 0.123 e. The van der Waals surface area contributed by atoms with Crippen LogP contribution >= 0.6 is 6.04 Å². The molecule has 2 aromatic carbocycles. The largest absolute Gasteiger partial charge is 0.207 e. The lowest BCUT2D eigenvalue weighted by atomic mass is 10.2. The minimum atomic E-state index is -2.15. The van der Waals surface area contributed by atoms with Gasteiger partial charge in [0.15, 0.2) is 0 Å². The van der Waals surface area contributed by atoms with E-state index in [2.05, 4.69) is 20.8 Å². The molecule has 0 aliphatic rings. The highest BCUT2D eigenvalue weighted by Gasteiger charge is 2.35. The molecule has 0 aromatic heterocycles. The van der Waals surface area contributed by atoms with Gasteiger partial charge in [0.1, 0.15) is 11.6 Å². The Morgan fingerprint density at radius 1 is 0.750 bits per heavy atom. The lowest BCUT2D eigenvalue weighted by Crippen LogP contribution is -2.30. The van der Waals surface area contributed by atoms with Gasteiger partial charge < -0.3 is 0 Å². The zero-order chi connectivity index (χ0) is 15.0. The Morgan fingerprint density at radius 2 is 1.05 bits per heavy atom.